The van der Waals surface area contributed by atoms with Gasteiger partial charge in [-0.1, -0.05) is 48.5 Å². The molecule has 1 aliphatic heterocycles. The van der Waals surface area contributed by atoms with Gasteiger partial charge in [-0.3, -0.25) is 4.79 Å². The van der Waals surface area contributed by atoms with Crippen molar-refractivity contribution in [3.8, 4) is 11.5 Å². The van der Waals surface area contributed by atoms with Crippen molar-refractivity contribution in [1.29, 1.82) is 0 Å². The summed E-state index contributed by atoms with van der Waals surface area (Å²) in [5, 5.41) is 6.68. The second-order valence-electron chi connectivity index (χ2n) is 5.98. The van der Waals surface area contributed by atoms with Crippen LogP contribution in [0.25, 0.3) is 0 Å². The summed E-state index contributed by atoms with van der Waals surface area (Å²) in [4.78, 5) is 12.6. The molecule has 0 radical (unpaired) electrons. The Morgan fingerprint density at radius 3 is 2.56 bits per heavy atom. The molecule has 0 aliphatic carbocycles. The second-order valence-corrected chi connectivity index (χ2v) is 7.55. The van der Waals surface area contributed by atoms with Crippen LogP contribution in [0.15, 0.2) is 47.6 Å². The Labute approximate surface area is 168 Å². The highest BCUT2D eigenvalue weighted by atomic mass is 35.5. The van der Waals surface area contributed by atoms with Gasteiger partial charge in [-0.05, 0) is 36.2 Å². The number of benzene rings is 2. The molecule has 5 nitrogen and oxygen atoms in total. The van der Waals surface area contributed by atoms with Crippen LogP contribution in [0.4, 0.5) is 4.79 Å². The number of hydrogen-bond acceptors (Lipinski definition) is 5. The first kappa shape index (κ1) is 19.6. The highest BCUT2D eigenvalue weighted by Gasteiger charge is 2.30. The maximum atomic E-state index is 12.6. The number of hydrazone groups is 1. The fraction of sp³-hybridized carbons (Fsp3) is 0.300. The quantitative estimate of drug-likeness (QED) is 0.663. The first-order chi connectivity index (χ1) is 13.1. The van der Waals surface area contributed by atoms with Crippen LogP contribution < -0.4 is 9.47 Å². The van der Waals surface area contributed by atoms with E-state index in [0.29, 0.717) is 23.1 Å². The van der Waals surface area contributed by atoms with Crippen molar-refractivity contribution < 1.29 is 14.3 Å². The van der Waals surface area contributed by atoms with E-state index in [4.69, 9.17) is 21.1 Å². The molecule has 1 amide bonds. The summed E-state index contributed by atoms with van der Waals surface area (Å²) in [5.41, 5.74) is 2.61. The second kappa shape index (κ2) is 8.67. The van der Waals surface area contributed by atoms with E-state index in [1.165, 1.54) is 16.8 Å². The molecule has 142 valence electrons. The summed E-state index contributed by atoms with van der Waals surface area (Å²) in [7, 11) is 3.20. The van der Waals surface area contributed by atoms with Crippen molar-refractivity contribution in [3.05, 3.63) is 58.6 Å². The molecule has 0 saturated heterocycles. The van der Waals surface area contributed by atoms with Crippen LogP contribution in [0.3, 0.4) is 0 Å². The number of ether oxygens (including phenoxy) is 2. The third kappa shape index (κ3) is 4.22. The molecule has 1 unspecified atom stereocenters. The Balaban J connectivity index is 1.98. The lowest BCUT2D eigenvalue weighted by molar-refractivity contribution is 0.222. The first-order valence-corrected chi connectivity index (χ1v) is 9.85. The van der Waals surface area contributed by atoms with Crippen molar-refractivity contribution in [1.82, 2.24) is 5.01 Å². The first-order valence-electron chi connectivity index (χ1n) is 8.59. The van der Waals surface area contributed by atoms with Crippen molar-refractivity contribution in [3.63, 3.8) is 0 Å². The molecule has 0 bridgehead atoms. The largest absolute Gasteiger partial charge is 0.493 e. The number of thioether (sulfide) groups is 1. The molecule has 7 heteroatoms. The molecule has 0 N–H and O–H groups in total. The average Bonchev–Trinajstić information content (AvgIpc) is 2.70. The summed E-state index contributed by atoms with van der Waals surface area (Å²) in [6, 6.07) is 13.2. The number of hydrogen-bond donors (Lipinski definition) is 0. The van der Waals surface area contributed by atoms with E-state index in [1.54, 1.807) is 14.2 Å². The standard InChI is InChI=1S/C20H21ClN2O3S/c1-4-18-19(13-9-10-16(25-2)17(11-13)26-3)22-23(20(24)27-18)12-14-7-5-6-8-15(14)21/h5-11,18H,4,12H2,1-3H3. The summed E-state index contributed by atoms with van der Waals surface area (Å²) >= 11 is 7.54. The predicted octanol–water partition coefficient (Wildman–Crippen LogP) is 5.21. The van der Waals surface area contributed by atoms with Gasteiger partial charge in [0, 0.05) is 10.6 Å². The normalized spacial score (nSPS) is 16.9. The van der Waals surface area contributed by atoms with Gasteiger partial charge in [-0.2, -0.15) is 5.10 Å². The van der Waals surface area contributed by atoms with Crippen LogP contribution in [0.2, 0.25) is 5.02 Å². The van der Waals surface area contributed by atoms with E-state index in [0.717, 1.165) is 23.3 Å². The third-order valence-electron chi connectivity index (χ3n) is 4.32. The molecular weight excluding hydrogens is 384 g/mol. The molecule has 27 heavy (non-hydrogen) atoms. The molecule has 1 atom stereocenters. The van der Waals surface area contributed by atoms with Crippen LogP contribution in [0.5, 0.6) is 11.5 Å². The molecule has 0 aromatic heterocycles. The van der Waals surface area contributed by atoms with E-state index < -0.39 is 0 Å². The Kier molecular flexibility index (Phi) is 6.29. The van der Waals surface area contributed by atoms with Crippen molar-refractivity contribution >= 4 is 34.3 Å². The van der Waals surface area contributed by atoms with Gasteiger partial charge in [0.25, 0.3) is 0 Å². The van der Waals surface area contributed by atoms with E-state index in [-0.39, 0.29) is 10.5 Å². The average molecular weight is 405 g/mol. The molecule has 3 rings (SSSR count). The topological polar surface area (TPSA) is 51.1 Å². The predicted molar refractivity (Wildman–Crippen MR) is 110 cm³/mol. The molecule has 0 fully saturated rings. The highest BCUT2D eigenvalue weighted by molar-refractivity contribution is 8.14. The van der Waals surface area contributed by atoms with E-state index in [1.807, 2.05) is 49.4 Å². The van der Waals surface area contributed by atoms with E-state index >= 15 is 0 Å². The zero-order chi connectivity index (χ0) is 19.4. The minimum absolute atomic E-state index is 0.0157. The van der Waals surface area contributed by atoms with Gasteiger partial charge < -0.3 is 9.47 Å². The van der Waals surface area contributed by atoms with Gasteiger partial charge >= 0.3 is 5.24 Å². The minimum Gasteiger partial charge on any atom is -0.493 e. The lowest BCUT2D eigenvalue weighted by Crippen LogP contribution is -2.34. The lowest BCUT2D eigenvalue weighted by Gasteiger charge is -2.28. The Morgan fingerprint density at radius 2 is 1.89 bits per heavy atom. The molecule has 1 aliphatic rings. The zero-order valence-corrected chi connectivity index (χ0v) is 17.0. The smallest absolute Gasteiger partial charge is 0.302 e. The van der Waals surface area contributed by atoms with Crippen molar-refractivity contribution in [2.24, 2.45) is 5.10 Å². The Bertz CT molecular complexity index is 872. The number of carbonyl (C=O) groups excluding carboxylic acids is 1. The van der Waals surface area contributed by atoms with Crippen molar-refractivity contribution in [2.45, 2.75) is 25.1 Å². The number of nitrogens with zero attached hydrogens (tertiary/aromatic N) is 2. The summed E-state index contributed by atoms with van der Waals surface area (Å²) < 4.78 is 10.7. The van der Waals surface area contributed by atoms with Crippen LogP contribution in [-0.4, -0.2) is 35.4 Å². The van der Waals surface area contributed by atoms with Crippen LogP contribution in [0.1, 0.15) is 24.5 Å². The fourth-order valence-corrected chi connectivity index (χ4v) is 4.00. The molecule has 0 spiro atoms. The minimum atomic E-state index is -0.0778. The van der Waals surface area contributed by atoms with Crippen LogP contribution in [-0.2, 0) is 6.54 Å². The SMILES string of the molecule is CCC1SC(=O)N(Cc2ccccc2Cl)N=C1c1ccc(OC)c(OC)c1. The van der Waals surface area contributed by atoms with Gasteiger partial charge in [0.2, 0.25) is 0 Å². The maximum absolute atomic E-state index is 12.6. The zero-order valence-electron chi connectivity index (χ0n) is 15.4. The molecule has 0 saturated carbocycles. The van der Waals surface area contributed by atoms with Gasteiger partial charge in [-0.15, -0.1) is 0 Å². The number of rotatable bonds is 6. The summed E-state index contributed by atoms with van der Waals surface area (Å²) in [5.74, 6) is 1.29. The van der Waals surface area contributed by atoms with Gasteiger partial charge in [0.1, 0.15) is 0 Å². The Morgan fingerprint density at radius 1 is 1.15 bits per heavy atom. The fourth-order valence-electron chi connectivity index (χ4n) is 2.88. The number of halogens is 1. The van der Waals surface area contributed by atoms with E-state index in [9.17, 15) is 4.79 Å². The molecule has 2 aromatic rings. The highest BCUT2D eigenvalue weighted by Crippen LogP contribution is 2.34. The molecule has 2 aromatic carbocycles. The monoisotopic (exact) mass is 404 g/mol. The maximum Gasteiger partial charge on any atom is 0.302 e. The number of methoxy groups -OCH3 is 2. The summed E-state index contributed by atoms with van der Waals surface area (Å²) in [6.07, 6.45) is 0.795. The van der Waals surface area contributed by atoms with E-state index in [2.05, 4.69) is 5.10 Å². The van der Waals surface area contributed by atoms with Gasteiger partial charge in [-0.25, -0.2) is 5.01 Å². The Hall–Kier alpha value is -2.18. The molecular formula is C20H21ClN2O3S. The molecule has 1 heterocycles. The van der Waals surface area contributed by atoms with Crippen molar-refractivity contribution in [2.75, 3.05) is 14.2 Å². The van der Waals surface area contributed by atoms with Crippen LogP contribution >= 0.6 is 23.4 Å². The number of amides is 1. The summed E-state index contributed by atoms with van der Waals surface area (Å²) in [6.45, 7) is 2.38. The van der Waals surface area contributed by atoms with Gasteiger partial charge in [0.15, 0.2) is 11.5 Å². The van der Waals surface area contributed by atoms with Crippen LogP contribution in [0, 0.1) is 0 Å². The lowest BCUT2D eigenvalue weighted by atomic mass is 10.0. The number of carbonyl (C=O) groups is 1. The third-order valence-corrected chi connectivity index (χ3v) is 5.94. The van der Waals surface area contributed by atoms with Gasteiger partial charge in [0.05, 0.1) is 31.7 Å².